The van der Waals surface area contributed by atoms with Gasteiger partial charge in [-0.2, -0.15) is 0 Å². The number of aromatic hydroxyl groups is 1. The minimum atomic E-state index is -2.24. The number of rotatable bonds is 4. The third kappa shape index (κ3) is 2.68. The first-order chi connectivity index (χ1) is 10.1. The van der Waals surface area contributed by atoms with Gasteiger partial charge >= 0.3 is 129 Å². The second-order valence-electron chi connectivity index (χ2n) is 4.52. The number of carboxylic acid groups (broad SMARTS) is 1. The van der Waals surface area contributed by atoms with E-state index in [4.69, 9.17) is 8.17 Å². The third-order valence-corrected chi connectivity index (χ3v) is 7.95. The molecule has 2 atom stereocenters. The van der Waals surface area contributed by atoms with Crippen molar-refractivity contribution in [2.45, 2.75) is 8.04 Å². The molecule has 3 N–H and O–H groups in total. The Kier molecular flexibility index (Phi) is 3.73. The molecule has 21 heavy (non-hydrogen) atoms. The SMILES string of the molecule is O=C(O)c1ccccc1OI1C(O)C1c1ccccc1O. The van der Waals surface area contributed by atoms with Gasteiger partial charge in [0, 0.05) is 0 Å². The topological polar surface area (TPSA) is 87.0 Å². The molecule has 2 aromatic rings. The minimum absolute atomic E-state index is 0.0879. The van der Waals surface area contributed by atoms with Crippen LogP contribution in [-0.2, 0) is 0 Å². The van der Waals surface area contributed by atoms with Crippen LogP contribution in [0.5, 0.6) is 11.5 Å². The summed E-state index contributed by atoms with van der Waals surface area (Å²) in [6, 6.07) is 13.2. The number of carboxylic acids is 1. The number of hydrogen-bond donors (Lipinski definition) is 3. The van der Waals surface area contributed by atoms with E-state index in [0.29, 0.717) is 5.56 Å². The van der Waals surface area contributed by atoms with Crippen LogP contribution in [0, 0.1) is 0 Å². The summed E-state index contributed by atoms with van der Waals surface area (Å²) >= 11 is -2.24. The fourth-order valence-electron chi connectivity index (χ4n) is 2.05. The van der Waals surface area contributed by atoms with Crippen molar-refractivity contribution < 1.29 is 23.2 Å². The van der Waals surface area contributed by atoms with Gasteiger partial charge in [0.2, 0.25) is 0 Å². The van der Waals surface area contributed by atoms with Crippen LogP contribution in [0.15, 0.2) is 48.5 Å². The average Bonchev–Trinajstić information content (AvgIpc) is 3.09. The van der Waals surface area contributed by atoms with Crippen molar-refractivity contribution in [2.75, 3.05) is 0 Å². The molecule has 5 nitrogen and oxygen atoms in total. The molecule has 0 amide bonds. The standard InChI is InChI=1S/C15H13IO5/c17-11-7-3-1-5-9(11)13-14(18)16(13)21-12-8-4-2-6-10(12)15(19)20/h1-8,13-14,17-18H,(H,19,20). The summed E-state index contributed by atoms with van der Waals surface area (Å²) < 4.78 is 4.96. The molecular formula is C15H13IO5. The summed E-state index contributed by atoms with van der Waals surface area (Å²) in [6.45, 7) is 0. The number of hydrogen-bond acceptors (Lipinski definition) is 4. The van der Waals surface area contributed by atoms with Gasteiger partial charge in [-0.1, -0.05) is 0 Å². The van der Waals surface area contributed by atoms with Crippen molar-refractivity contribution in [2.24, 2.45) is 0 Å². The summed E-state index contributed by atoms with van der Waals surface area (Å²) in [5, 5.41) is 29.0. The second-order valence-corrected chi connectivity index (χ2v) is 9.31. The Balaban J connectivity index is 1.82. The van der Waals surface area contributed by atoms with Gasteiger partial charge in [0.15, 0.2) is 0 Å². The van der Waals surface area contributed by atoms with E-state index in [0.717, 1.165) is 0 Å². The van der Waals surface area contributed by atoms with E-state index in [-0.39, 0.29) is 21.0 Å². The van der Waals surface area contributed by atoms with Crippen LogP contribution in [0.1, 0.15) is 19.8 Å². The van der Waals surface area contributed by atoms with E-state index >= 15 is 0 Å². The number of phenols is 1. The van der Waals surface area contributed by atoms with Crippen molar-refractivity contribution >= 4 is 26.2 Å². The van der Waals surface area contributed by atoms with Crippen molar-refractivity contribution in [3.63, 3.8) is 0 Å². The van der Waals surface area contributed by atoms with Crippen LogP contribution < -0.4 is 3.07 Å². The van der Waals surface area contributed by atoms with Crippen LogP contribution in [0.4, 0.5) is 0 Å². The Morgan fingerprint density at radius 3 is 2.48 bits per heavy atom. The van der Waals surface area contributed by atoms with Gasteiger partial charge in [-0.25, -0.2) is 0 Å². The molecule has 2 unspecified atom stereocenters. The second kappa shape index (κ2) is 5.53. The van der Waals surface area contributed by atoms with Crippen LogP contribution in [0.25, 0.3) is 0 Å². The number of phenolic OH excluding ortho intramolecular Hbond substituents is 1. The van der Waals surface area contributed by atoms with Crippen molar-refractivity contribution in [1.29, 1.82) is 0 Å². The average molecular weight is 400 g/mol. The number of aromatic carboxylic acids is 1. The Hall–Kier alpha value is -1.80. The van der Waals surface area contributed by atoms with Crippen LogP contribution in [-0.4, -0.2) is 25.4 Å². The number of aliphatic hydroxyl groups is 1. The number of aliphatic hydroxyl groups excluding tert-OH is 1. The molecule has 0 radical (unpaired) electrons. The number of alkyl halides is 2. The molecule has 110 valence electrons. The zero-order chi connectivity index (χ0) is 15.0. The van der Waals surface area contributed by atoms with Crippen LogP contribution in [0.3, 0.4) is 0 Å². The number of benzene rings is 2. The molecule has 0 aromatic heterocycles. The van der Waals surface area contributed by atoms with Gasteiger partial charge in [-0.3, -0.25) is 0 Å². The van der Waals surface area contributed by atoms with Crippen LogP contribution in [0.2, 0.25) is 0 Å². The maximum atomic E-state index is 11.1. The van der Waals surface area contributed by atoms with E-state index < -0.39 is 30.3 Å². The van der Waals surface area contributed by atoms with Gasteiger partial charge in [0.05, 0.1) is 0 Å². The van der Waals surface area contributed by atoms with Gasteiger partial charge < -0.3 is 0 Å². The van der Waals surface area contributed by atoms with Crippen molar-refractivity contribution in [3.05, 3.63) is 59.7 Å². The summed E-state index contributed by atoms with van der Waals surface area (Å²) in [7, 11) is 0. The molecule has 1 aliphatic heterocycles. The Morgan fingerprint density at radius 1 is 1.10 bits per heavy atom. The summed E-state index contributed by atoms with van der Waals surface area (Å²) in [6.07, 6.45) is 0. The molecule has 0 saturated carbocycles. The molecule has 0 spiro atoms. The first kappa shape index (κ1) is 14.2. The summed E-state index contributed by atoms with van der Waals surface area (Å²) in [5.41, 5.74) is 0.757. The molecule has 0 aliphatic carbocycles. The fraction of sp³-hybridized carbons (Fsp3) is 0.133. The van der Waals surface area contributed by atoms with E-state index in [1.165, 1.54) is 6.07 Å². The van der Waals surface area contributed by atoms with E-state index in [1.807, 2.05) is 0 Å². The summed E-state index contributed by atoms with van der Waals surface area (Å²) in [4.78, 5) is 11.1. The monoisotopic (exact) mass is 400 g/mol. The predicted molar refractivity (Wildman–Crippen MR) is 84.9 cm³/mol. The molecule has 1 heterocycles. The van der Waals surface area contributed by atoms with Crippen molar-refractivity contribution in [1.82, 2.24) is 0 Å². The van der Waals surface area contributed by atoms with E-state index in [2.05, 4.69) is 0 Å². The normalized spacial score (nSPS) is 21.9. The van der Waals surface area contributed by atoms with Gasteiger partial charge in [0.1, 0.15) is 0 Å². The molecule has 1 aliphatic rings. The molecule has 0 bridgehead atoms. The quantitative estimate of drug-likeness (QED) is 0.543. The maximum absolute atomic E-state index is 11.1. The Labute approximate surface area is 128 Å². The first-order valence-corrected chi connectivity index (χ1v) is 9.60. The molecule has 2 aromatic carbocycles. The third-order valence-electron chi connectivity index (χ3n) is 3.15. The van der Waals surface area contributed by atoms with E-state index in [9.17, 15) is 15.0 Å². The summed E-state index contributed by atoms with van der Waals surface area (Å²) in [5.74, 6) is -0.638. The van der Waals surface area contributed by atoms with E-state index in [1.54, 1.807) is 42.5 Å². The van der Waals surface area contributed by atoms with Crippen molar-refractivity contribution in [3.8, 4) is 11.5 Å². The zero-order valence-corrected chi connectivity index (χ0v) is 13.0. The fourth-order valence-corrected chi connectivity index (χ4v) is 6.78. The Morgan fingerprint density at radius 2 is 1.76 bits per heavy atom. The number of halogens is 1. The molecular weight excluding hydrogens is 387 g/mol. The zero-order valence-electron chi connectivity index (χ0n) is 10.8. The molecule has 1 fully saturated rings. The van der Waals surface area contributed by atoms with Gasteiger partial charge in [-0.05, 0) is 0 Å². The first-order valence-electron chi connectivity index (χ1n) is 6.23. The predicted octanol–water partition coefficient (Wildman–Crippen LogP) is 2.96. The van der Waals surface area contributed by atoms with Gasteiger partial charge in [-0.15, -0.1) is 0 Å². The van der Waals surface area contributed by atoms with Gasteiger partial charge in [0.25, 0.3) is 0 Å². The molecule has 6 heteroatoms. The van der Waals surface area contributed by atoms with Crippen LogP contribution >= 0.6 is 20.2 Å². The number of carbonyl (C=O) groups is 1. The molecule has 1 saturated heterocycles. The number of para-hydroxylation sites is 2. The molecule has 3 rings (SSSR count). The Bertz CT molecular complexity index is 687.